The van der Waals surface area contributed by atoms with Gasteiger partial charge in [-0.25, -0.2) is 0 Å². The molecule has 0 aliphatic heterocycles. The van der Waals surface area contributed by atoms with Crippen LogP contribution in [0.5, 0.6) is 5.75 Å². The molecule has 0 fully saturated rings. The molecule has 2 atom stereocenters. The first kappa shape index (κ1) is 16.6. The fraction of sp³-hybridized carbons (Fsp3) is 0.333. The Hall–Kier alpha value is -0.780. The monoisotopic (exact) mass is 345 g/mol. The maximum atomic E-state index is 9.95. The summed E-state index contributed by atoms with van der Waals surface area (Å²) in [4.78, 5) is 1.24. The summed E-state index contributed by atoms with van der Waals surface area (Å²) < 4.78 is 5.50. The van der Waals surface area contributed by atoms with Gasteiger partial charge in [-0.2, -0.15) is 0 Å². The number of hydrogen-bond donors (Lipinski definition) is 2. The smallest absolute Gasteiger partial charge is 0.138 e. The van der Waals surface area contributed by atoms with Crippen LogP contribution in [0, 0.1) is 0 Å². The van der Waals surface area contributed by atoms with Crippen LogP contribution in [0.25, 0.3) is 0 Å². The van der Waals surface area contributed by atoms with Gasteiger partial charge in [-0.3, -0.25) is 0 Å². The standard InChI is InChI=1S/C15H17Cl2NO2S/c1-10(15-3-2-6-21-15)18-8-12(19)9-20-14-5-4-11(16)7-13(14)17/h2-7,10,12,18-19H,8-9H2,1H3/t10-,12?/m1/s1. The van der Waals surface area contributed by atoms with Crippen molar-refractivity contribution in [3.63, 3.8) is 0 Å². The number of rotatable bonds is 7. The Morgan fingerprint density at radius 2 is 2.14 bits per heavy atom. The number of nitrogens with one attached hydrogen (secondary N) is 1. The van der Waals surface area contributed by atoms with Crippen LogP contribution in [-0.2, 0) is 0 Å². The Balaban J connectivity index is 1.75. The van der Waals surface area contributed by atoms with E-state index >= 15 is 0 Å². The molecule has 3 nitrogen and oxygen atoms in total. The highest BCUT2D eigenvalue weighted by Crippen LogP contribution is 2.27. The molecule has 0 aliphatic rings. The van der Waals surface area contributed by atoms with Crippen molar-refractivity contribution >= 4 is 34.5 Å². The van der Waals surface area contributed by atoms with Crippen LogP contribution >= 0.6 is 34.5 Å². The zero-order valence-electron chi connectivity index (χ0n) is 11.6. The van der Waals surface area contributed by atoms with Crippen molar-refractivity contribution in [2.24, 2.45) is 0 Å². The molecular formula is C15H17Cl2NO2S. The van der Waals surface area contributed by atoms with Gasteiger partial charge in [-0.1, -0.05) is 29.3 Å². The van der Waals surface area contributed by atoms with Crippen molar-refractivity contribution in [2.45, 2.75) is 19.1 Å². The number of ether oxygens (including phenoxy) is 1. The lowest BCUT2D eigenvalue weighted by molar-refractivity contribution is 0.104. The molecule has 114 valence electrons. The number of halogens is 2. The summed E-state index contributed by atoms with van der Waals surface area (Å²) in [6.45, 7) is 2.69. The fourth-order valence-corrected chi connectivity index (χ4v) is 3.01. The third-order valence-electron chi connectivity index (χ3n) is 2.95. The van der Waals surface area contributed by atoms with Crippen LogP contribution in [0.3, 0.4) is 0 Å². The summed E-state index contributed by atoms with van der Waals surface area (Å²) >= 11 is 13.5. The van der Waals surface area contributed by atoms with Crippen molar-refractivity contribution in [2.75, 3.05) is 13.2 Å². The molecule has 0 saturated carbocycles. The lowest BCUT2D eigenvalue weighted by Gasteiger charge is -2.17. The summed E-state index contributed by atoms with van der Waals surface area (Å²) in [5.41, 5.74) is 0. The first-order valence-corrected chi connectivity index (χ1v) is 8.22. The summed E-state index contributed by atoms with van der Waals surface area (Å²) in [6, 6.07) is 9.30. The second-order valence-electron chi connectivity index (χ2n) is 4.68. The molecule has 1 aromatic carbocycles. The van der Waals surface area contributed by atoms with Crippen molar-refractivity contribution in [1.29, 1.82) is 0 Å². The zero-order chi connectivity index (χ0) is 15.2. The summed E-state index contributed by atoms with van der Waals surface area (Å²) in [5.74, 6) is 0.520. The van der Waals surface area contributed by atoms with Crippen LogP contribution in [-0.4, -0.2) is 24.4 Å². The van der Waals surface area contributed by atoms with Crippen LogP contribution in [0.15, 0.2) is 35.7 Å². The van der Waals surface area contributed by atoms with E-state index in [4.69, 9.17) is 27.9 Å². The topological polar surface area (TPSA) is 41.5 Å². The molecule has 2 N–H and O–H groups in total. The van der Waals surface area contributed by atoms with Crippen LogP contribution < -0.4 is 10.1 Å². The molecule has 0 aliphatic carbocycles. The number of thiophene rings is 1. The molecule has 1 aromatic heterocycles. The van der Waals surface area contributed by atoms with Crippen molar-refractivity contribution in [1.82, 2.24) is 5.32 Å². The minimum atomic E-state index is -0.612. The maximum Gasteiger partial charge on any atom is 0.138 e. The Morgan fingerprint density at radius 3 is 2.81 bits per heavy atom. The molecule has 6 heteroatoms. The van der Waals surface area contributed by atoms with E-state index in [1.807, 2.05) is 11.4 Å². The Kier molecular flexibility index (Phi) is 6.33. The summed E-state index contributed by atoms with van der Waals surface area (Å²) in [6.07, 6.45) is -0.612. The van der Waals surface area contributed by atoms with Crippen LogP contribution in [0.1, 0.15) is 17.8 Å². The SMILES string of the molecule is C[C@@H](NCC(O)COc1ccc(Cl)cc1Cl)c1cccs1. The predicted octanol–water partition coefficient (Wildman–Crippen LogP) is 4.15. The Labute approximate surface area is 138 Å². The molecular weight excluding hydrogens is 329 g/mol. The highest BCUT2D eigenvalue weighted by molar-refractivity contribution is 7.10. The zero-order valence-corrected chi connectivity index (χ0v) is 13.9. The molecule has 1 heterocycles. The quantitative estimate of drug-likeness (QED) is 0.792. The van der Waals surface area contributed by atoms with E-state index < -0.39 is 6.10 Å². The number of hydrogen-bond acceptors (Lipinski definition) is 4. The molecule has 2 rings (SSSR count). The van der Waals surface area contributed by atoms with E-state index in [9.17, 15) is 5.11 Å². The van der Waals surface area contributed by atoms with Gasteiger partial charge in [0.25, 0.3) is 0 Å². The van der Waals surface area contributed by atoms with E-state index in [1.54, 1.807) is 29.5 Å². The molecule has 0 saturated heterocycles. The lowest BCUT2D eigenvalue weighted by Crippen LogP contribution is -2.32. The predicted molar refractivity (Wildman–Crippen MR) is 88.7 cm³/mol. The van der Waals surface area contributed by atoms with Gasteiger partial charge in [0.1, 0.15) is 18.5 Å². The first-order valence-electron chi connectivity index (χ1n) is 6.59. The average molecular weight is 346 g/mol. The molecule has 0 bridgehead atoms. The second kappa shape index (κ2) is 8.01. The van der Waals surface area contributed by atoms with Gasteiger partial charge in [0.05, 0.1) is 5.02 Å². The van der Waals surface area contributed by atoms with E-state index in [1.165, 1.54) is 4.88 Å². The summed E-state index contributed by atoms with van der Waals surface area (Å²) in [7, 11) is 0. The van der Waals surface area contributed by atoms with Gasteiger partial charge in [0, 0.05) is 22.5 Å². The summed E-state index contributed by atoms with van der Waals surface area (Å²) in [5, 5.41) is 16.3. The normalized spacial score (nSPS) is 13.9. The lowest BCUT2D eigenvalue weighted by atomic mass is 10.2. The van der Waals surface area contributed by atoms with Gasteiger partial charge >= 0.3 is 0 Å². The third kappa shape index (κ3) is 5.16. The first-order chi connectivity index (χ1) is 10.1. The van der Waals surface area contributed by atoms with E-state index in [2.05, 4.69) is 18.3 Å². The molecule has 0 spiro atoms. The van der Waals surface area contributed by atoms with Gasteiger partial charge < -0.3 is 15.2 Å². The third-order valence-corrected chi connectivity index (χ3v) is 4.54. The second-order valence-corrected chi connectivity index (χ2v) is 6.51. The Morgan fingerprint density at radius 1 is 1.33 bits per heavy atom. The molecule has 0 radical (unpaired) electrons. The minimum absolute atomic E-state index is 0.172. The van der Waals surface area contributed by atoms with E-state index in [-0.39, 0.29) is 12.6 Å². The molecule has 0 amide bonds. The molecule has 2 aromatic rings. The van der Waals surface area contributed by atoms with Crippen molar-refractivity contribution < 1.29 is 9.84 Å². The number of benzene rings is 1. The van der Waals surface area contributed by atoms with Crippen LogP contribution in [0.2, 0.25) is 10.0 Å². The van der Waals surface area contributed by atoms with Crippen molar-refractivity contribution in [3.05, 3.63) is 50.6 Å². The fourth-order valence-electron chi connectivity index (χ4n) is 1.79. The van der Waals surface area contributed by atoms with Gasteiger partial charge in [-0.15, -0.1) is 11.3 Å². The average Bonchev–Trinajstić information content (AvgIpc) is 2.98. The minimum Gasteiger partial charge on any atom is -0.489 e. The maximum absolute atomic E-state index is 9.95. The number of aliphatic hydroxyl groups excluding tert-OH is 1. The van der Waals surface area contributed by atoms with E-state index in [0.717, 1.165) is 0 Å². The number of aliphatic hydroxyl groups is 1. The van der Waals surface area contributed by atoms with Gasteiger partial charge in [0.2, 0.25) is 0 Å². The molecule has 21 heavy (non-hydrogen) atoms. The van der Waals surface area contributed by atoms with E-state index in [0.29, 0.717) is 22.3 Å². The van der Waals surface area contributed by atoms with Crippen molar-refractivity contribution in [3.8, 4) is 5.75 Å². The largest absolute Gasteiger partial charge is 0.489 e. The highest BCUT2D eigenvalue weighted by atomic mass is 35.5. The van der Waals surface area contributed by atoms with Crippen LogP contribution in [0.4, 0.5) is 0 Å². The van der Waals surface area contributed by atoms with Gasteiger partial charge in [-0.05, 0) is 36.6 Å². The molecule has 1 unspecified atom stereocenters. The van der Waals surface area contributed by atoms with Gasteiger partial charge in [0.15, 0.2) is 0 Å². The highest BCUT2D eigenvalue weighted by Gasteiger charge is 2.11. The Bertz CT molecular complexity index is 563.